The predicted molar refractivity (Wildman–Crippen MR) is 87.3 cm³/mol. The zero-order valence-electron chi connectivity index (χ0n) is 13.0. The number of aryl methyl sites for hydroxylation is 1. The molecule has 0 unspecified atom stereocenters. The van der Waals surface area contributed by atoms with Crippen molar-refractivity contribution in [3.8, 4) is 0 Å². The molecule has 2 rings (SSSR count). The monoisotopic (exact) mass is 340 g/mol. The fraction of sp³-hybridized carbons (Fsp3) is 0.733. The lowest BCUT2D eigenvalue weighted by Crippen LogP contribution is -2.56. The van der Waals surface area contributed by atoms with Gasteiger partial charge < -0.3 is 9.80 Å². The van der Waals surface area contributed by atoms with Crippen LogP contribution in [0.25, 0.3) is 0 Å². The van der Waals surface area contributed by atoms with Gasteiger partial charge in [0.1, 0.15) is 16.2 Å². The summed E-state index contributed by atoms with van der Waals surface area (Å²) in [6, 6.07) is 2.02. The first-order valence-corrected chi connectivity index (χ1v) is 8.18. The topological polar surface area (TPSA) is 32.3 Å². The van der Waals surface area contributed by atoms with Crippen LogP contribution >= 0.6 is 15.9 Å². The van der Waals surface area contributed by atoms with Crippen LogP contribution in [-0.4, -0.2) is 48.1 Å². The van der Waals surface area contributed by atoms with E-state index in [1.807, 2.05) is 6.07 Å². The van der Waals surface area contributed by atoms with Gasteiger partial charge in [-0.1, -0.05) is 6.92 Å². The van der Waals surface area contributed by atoms with Gasteiger partial charge in [0.15, 0.2) is 0 Å². The fourth-order valence-electron chi connectivity index (χ4n) is 2.84. The van der Waals surface area contributed by atoms with E-state index in [4.69, 9.17) is 4.98 Å². The molecule has 5 heteroatoms. The number of likely N-dealkylation sites (N-methyl/N-ethyl adjacent to an activating group) is 2. The molecule has 0 atom stereocenters. The summed E-state index contributed by atoms with van der Waals surface area (Å²) in [4.78, 5) is 13.8. The van der Waals surface area contributed by atoms with Crippen LogP contribution in [0, 0.1) is 0 Å². The summed E-state index contributed by atoms with van der Waals surface area (Å²) in [5.74, 6) is 1.94. The Hall–Kier alpha value is -0.680. The molecular weight excluding hydrogens is 316 g/mol. The summed E-state index contributed by atoms with van der Waals surface area (Å²) in [6.07, 6.45) is 5.89. The molecule has 0 aromatic carbocycles. The summed E-state index contributed by atoms with van der Waals surface area (Å²) >= 11 is 3.50. The molecule has 0 spiro atoms. The molecule has 0 radical (unpaired) electrons. The normalized spacial score (nSPS) is 17.1. The van der Waals surface area contributed by atoms with Crippen molar-refractivity contribution in [1.29, 1.82) is 0 Å². The van der Waals surface area contributed by atoms with E-state index in [2.05, 4.69) is 58.8 Å². The molecule has 1 aliphatic rings. The molecule has 20 heavy (non-hydrogen) atoms. The van der Waals surface area contributed by atoms with Gasteiger partial charge in [-0.15, -0.1) is 0 Å². The van der Waals surface area contributed by atoms with E-state index in [9.17, 15) is 0 Å². The molecule has 0 bridgehead atoms. The standard InChI is InChI=1S/C15H25BrN4/c1-5-7-13-17-12(16)10-14(18-13)20(4)11-15(19(2)3)8-6-9-15/h10H,5-9,11H2,1-4H3. The third-order valence-electron chi connectivity index (χ3n) is 4.36. The molecule has 4 nitrogen and oxygen atoms in total. The average molecular weight is 341 g/mol. The highest BCUT2D eigenvalue weighted by molar-refractivity contribution is 9.10. The molecule has 1 aliphatic carbocycles. The second-order valence-corrected chi connectivity index (χ2v) is 6.86. The Balaban J connectivity index is 2.14. The lowest BCUT2D eigenvalue weighted by atomic mass is 9.75. The van der Waals surface area contributed by atoms with Gasteiger partial charge in [0.05, 0.1) is 0 Å². The number of hydrogen-bond donors (Lipinski definition) is 0. The van der Waals surface area contributed by atoms with Gasteiger partial charge in [0, 0.05) is 31.6 Å². The molecule has 0 N–H and O–H groups in total. The number of aromatic nitrogens is 2. The molecule has 1 aromatic rings. The lowest BCUT2D eigenvalue weighted by Gasteiger charge is -2.49. The number of rotatable bonds is 6. The summed E-state index contributed by atoms with van der Waals surface area (Å²) in [5, 5.41) is 0. The van der Waals surface area contributed by atoms with Gasteiger partial charge in [0.2, 0.25) is 0 Å². The van der Waals surface area contributed by atoms with Crippen LogP contribution < -0.4 is 4.90 Å². The minimum atomic E-state index is 0.317. The van der Waals surface area contributed by atoms with Gasteiger partial charge in [-0.25, -0.2) is 9.97 Å². The third-order valence-corrected chi connectivity index (χ3v) is 4.76. The first-order valence-electron chi connectivity index (χ1n) is 7.39. The van der Waals surface area contributed by atoms with Gasteiger partial charge >= 0.3 is 0 Å². The minimum Gasteiger partial charge on any atom is -0.358 e. The van der Waals surface area contributed by atoms with Gasteiger partial charge in [-0.3, -0.25) is 0 Å². The molecule has 1 saturated carbocycles. The van der Waals surface area contributed by atoms with Crippen LogP contribution in [-0.2, 0) is 6.42 Å². The van der Waals surface area contributed by atoms with E-state index in [0.29, 0.717) is 5.54 Å². The van der Waals surface area contributed by atoms with Crippen LogP contribution in [0.4, 0.5) is 5.82 Å². The van der Waals surface area contributed by atoms with Gasteiger partial charge in [-0.2, -0.15) is 0 Å². The number of hydrogen-bond acceptors (Lipinski definition) is 4. The maximum Gasteiger partial charge on any atom is 0.133 e. The smallest absolute Gasteiger partial charge is 0.133 e. The zero-order chi connectivity index (χ0) is 14.8. The van der Waals surface area contributed by atoms with Gasteiger partial charge in [0.25, 0.3) is 0 Å². The van der Waals surface area contributed by atoms with E-state index in [-0.39, 0.29) is 0 Å². The SMILES string of the molecule is CCCc1nc(Br)cc(N(C)CC2(N(C)C)CCC2)n1. The van der Waals surface area contributed by atoms with Crippen LogP contribution in [0.1, 0.15) is 38.4 Å². The molecule has 1 aromatic heterocycles. The summed E-state index contributed by atoms with van der Waals surface area (Å²) in [7, 11) is 6.50. The molecule has 0 saturated heterocycles. The molecule has 0 amide bonds. The highest BCUT2D eigenvalue weighted by atomic mass is 79.9. The van der Waals surface area contributed by atoms with E-state index < -0.39 is 0 Å². The molecule has 1 heterocycles. The minimum absolute atomic E-state index is 0.317. The maximum atomic E-state index is 4.69. The second kappa shape index (κ2) is 6.39. The Morgan fingerprint density at radius 1 is 1.25 bits per heavy atom. The van der Waals surface area contributed by atoms with Crippen molar-refractivity contribution in [2.24, 2.45) is 0 Å². The van der Waals surface area contributed by atoms with Crippen molar-refractivity contribution in [2.75, 3.05) is 32.6 Å². The first-order chi connectivity index (χ1) is 9.47. The molecule has 1 fully saturated rings. The molecular formula is C15H25BrN4. The van der Waals surface area contributed by atoms with Crippen molar-refractivity contribution < 1.29 is 0 Å². The number of halogens is 1. The quantitative estimate of drug-likeness (QED) is 0.745. The maximum absolute atomic E-state index is 4.69. The van der Waals surface area contributed by atoms with Gasteiger partial charge in [-0.05, 0) is 55.7 Å². The van der Waals surface area contributed by atoms with Crippen LogP contribution in [0.5, 0.6) is 0 Å². The summed E-state index contributed by atoms with van der Waals surface area (Å²) < 4.78 is 0.880. The van der Waals surface area contributed by atoms with Crippen molar-refractivity contribution in [3.63, 3.8) is 0 Å². The Morgan fingerprint density at radius 2 is 1.95 bits per heavy atom. The highest BCUT2D eigenvalue weighted by Crippen LogP contribution is 2.37. The zero-order valence-corrected chi connectivity index (χ0v) is 14.6. The van der Waals surface area contributed by atoms with E-state index >= 15 is 0 Å². The van der Waals surface area contributed by atoms with Crippen LogP contribution in [0.2, 0.25) is 0 Å². The number of nitrogens with zero attached hydrogens (tertiary/aromatic N) is 4. The Kier molecular flexibility index (Phi) is 5.02. The molecule has 112 valence electrons. The van der Waals surface area contributed by atoms with Crippen molar-refractivity contribution in [1.82, 2.24) is 14.9 Å². The average Bonchev–Trinajstić information content (AvgIpc) is 2.32. The largest absolute Gasteiger partial charge is 0.358 e. The Labute approximate surface area is 130 Å². The van der Waals surface area contributed by atoms with Crippen molar-refractivity contribution in [3.05, 3.63) is 16.5 Å². The van der Waals surface area contributed by atoms with E-state index in [1.165, 1.54) is 19.3 Å². The first kappa shape index (κ1) is 15.7. The number of anilines is 1. The summed E-state index contributed by atoms with van der Waals surface area (Å²) in [6.45, 7) is 3.18. The Morgan fingerprint density at radius 3 is 2.45 bits per heavy atom. The fourth-order valence-corrected chi connectivity index (χ4v) is 3.25. The van der Waals surface area contributed by atoms with Crippen molar-refractivity contribution in [2.45, 2.75) is 44.6 Å². The summed E-state index contributed by atoms with van der Waals surface area (Å²) in [5.41, 5.74) is 0.317. The lowest BCUT2D eigenvalue weighted by molar-refractivity contribution is 0.0681. The van der Waals surface area contributed by atoms with E-state index in [1.54, 1.807) is 0 Å². The third kappa shape index (κ3) is 3.31. The molecule has 0 aliphatic heterocycles. The highest BCUT2D eigenvalue weighted by Gasteiger charge is 2.40. The van der Waals surface area contributed by atoms with Crippen LogP contribution in [0.3, 0.4) is 0 Å². The van der Waals surface area contributed by atoms with Crippen molar-refractivity contribution >= 4 is 21.7 Å². The van der Waals surface area contributed by atoms with Crippen LogP contribution in [0.15, 0.2) is 10.7 Å². The van der Waals surface area contributed by atoms with E-state index in [0.717, 1.165) is 35.6 Å². The second-order valence-electron chi connectivity index (χ2n) is 6.04. The predicted octanol–water partition coefficient (Wildman–Crippen LogP) is 3.11. The Bertz CT molecular complexity index is 457.